The number of nitriles is 1. The summed E-state index contributed by atoms with van der Waals surface area (Å²) in [5.41, 5.74) is 3.84. The standard InChI is InChI=1S/C15H13NO/c1-11-3-4-13(10-16)15(9-11)12-5-7-14(17-2)8-6-12/h3-9H,1-2H3. The lowest BCUT2D eigenvalue weighted by Crippen LogP contribution is -1.87. The lowest BCUT2D eigenvalue weighted by Gasteiger charge is -2.06. The largest absolute Gasteiger partial charge is 0.497 e. The van der Waals surface area contributed by atoms with E-state index >= 15 is 0 Å². The number of ether oxygens (including phenoxy) is 1. The third kappa shape index (κ3) is 2.29. The highest BCUT2D eigenvalue weighted by Crippen LogP contribution is 2.26. The van der Waals surface area contributed by atoms with Crippen LogP contribution in [0.1, 0.15) is 11.1 Å². The van der Waals surface area contributed by atoms with Crippen molar-refractivity contribution in [2.75, 3.05) is 7.11 Å². The van der Waals surface area contributed by atoms with E-state index in [1.807, 2.05) is 49.4 Å². The Hall–Kier alpha value is -2.27. The van der Waals surface area contributed by atoms with Crippen LogP contribution in [0.3, 0.4) is 0 Å². The van der Waals surface area contributed by atoms with Gasteiger partial charge in [-0.15, -0.1) is 0 Å². The molecule has 0 N–H and O–H groups in total. The molecule has 0 radical (unpaired) electrons. The van der Waals surface area contributed by atoms with Crippen LogP contribution in [-0.2, 0) is 0 Å². The Kier molecular flexibility index (Phi) is 3.11. The van der Waals surface area contributed by atoms with E-state index < -0.39 is 0 Å². The summed E-state index contributed by atoms with van der Waals surface area (Å²) < 4.78 is 5.12. The Labute approximate surface area is 101 Å². The maximum absolute atomic E-state index is 9.10. The second kappa shape index (κ2) is 4.71. The molecular formula is C15H13NO. The summed E-state index contributed by atoms with van der Waals surface area (Å²) in [6.07, 6.45) is 0. The first-order valence-electron chi connectivity index (χ1n) is 5.40. The first kappa shape index (κ1) is 11.2. The van der Waals surface area contributed by atoms with E-state index in [4.69, 9.17) is 10.00 Å². The van der Waals surface area contributed by atoms with Crippen molar-refractivity contribution in [3.63, 3.8) is 0 Å². The molecule has 2 heteroatoms. The van der Waals surface area contributed by atoms with Crippen LogP contribution in [0.4, 0.5) is 0 Å². The Morgan fingerprint density at radius 3 is 2.35 bits per heavy atom. The molecule has 0 atom stereocenters. The number of rotatable bonds is 2. The van der Waals surface area contributed by atoms with Crippen LogP contribution in [0, 0.1) is 18.3 Å². The highest BCUT2D eigenvalue weighted by Gasteiger charge is 2.05. The van der Waals surface area contributed by atoms with Gasteiger partial charge in [0, 0.05) is 0 Å². The van der Waals surface area contributed by atoms with E-state index in [0.717, 1.165) is 22.4 Å². The quantitative estimate of drug-likeness (QED) is 0.780. The molecule has 0 spiro atoms. The van der Waals surface area contributed by atoms with Crippen LogP contribution in [0.15, 0.2) is 42.5 Å². The average molecular weight is 223 g/mol. The summed E-state index contributed by atoms with van der Waals surface area (Å²) >= 11 is 0. The first-order valence-corrected chi connectivity index (χ1v) is 5.40. The van der Waals surface area contributed by atoms with E-state index in [-0.39, 0.29) is 0 Å². The summed E-state index contributed by atoms with van der Waals surface area (Å²) in [5, 5.41) is 9.10. The number of hydrogen-bond donors (Lipinski definition) is 0. The van der Waals surface area contributed by atoms with E-state index in [2.05, 4.69) is 6.07 Å². The Bertz CT molecular complexity index is 564. The summed E-state index contributed by atoms with van der Waals surface area (Å²) in [6, 6.07) is 15.8. The van der Waals surface area contributed by atoms with E-state index in [9.17, 15) is 0 Å². The van der Waals surface area contributed by atoms with Gasteiger partial charge in [-0.1, -0.05) is 29.8 Å². The molecule has 2 rings (SSSR count). The fraction of sp³-hybridized carbons (Fsp3) is 0.133. The summed E-state index contributed by atoms with van der Waals surface area (Å²) in [4.78, 5) is 0. The average Bonchev–Trinajstić information content (AvgIpc) is 2.39. The van der Waals surface area contributed by atoms with Gasteiger partial charge in [0.05, 0.1) is 18.7 Å². The number of aryl methyl sites for hydroxylation is 1. The second-order valence-corrected chi connectivity index (χ2v) is 3.89. The first-order chi connectivity index (χ1) is 8.24. The Balaban J connectivity index is 2.52. The molecular weight excluding hydrogens is 210 g/mol. The van der Waals surface area contributed by atoms with Crippen molar-refractivity contribution >= 4 is 0 Å². The fourth-order valence-corrected chi connectivity index (χ4v) is 1.76. The molecule has 0 aliphatic carbocycles. The highest BCUT2D eigenvalue weighted by atomic mass is 16.5. The fourth-order valence-electron chi connectivity index (χ4n) is 1.76. The third-order valence-corrected chi connectivity index (χ3v) is 2.70. The zero-order chi connectivity index (χ0) is 12.3. The smallest absolute Gasteiger partial charge is 0.118 e. The minimum Gasteiger partial charge on any atom is -0.497 e. The van der Waals surface area contributed by atoms with Crippen molar-refractivity contribution in [1.82, 2.24) is 0 Å². The molecule has 0 amide bonds. The van der Waals surface area contributed by atoms with Crippen LogP contribution in [0.25, 0.3) is 11.1 Å². The van der Waals surface area contributed by atoms with E-state index in [1.165, 1.54) is 0 Å². The molecule has 0 bridgehead atoms. The molecule has 84 valence electrons. The maximum Gasteiger partial charge on any atom is 0.118 e. The van der Waals surface area contributed by atoms with Gasteiger partial charge in [0.25, 0.3) is 0 Å². The molecule has 0 saturated heterocycles. The SMILES string of the molecule is COc1ccc(-c2cc(C)ccc2C#N)cc1. The van der Waals surface area contributed by atoms with Crippen molar-refractivity contribution in [2.24, 2.45) is 0 Å². The normalized spacial score (nSPS) is 9.71. The third-order valence-electron chi connectivity index (χ3n) is 2.70. The minimum absolute atomic E-state index is 0.695. The van der Waals surface area contributed by atoms with Crippen molar-refractivity contribution in [2.45, 2.75) is 6.92 Å². The van der Waals surface area contributed by atoms with Crippen LogP contribution in [0.5, 0.6) is 5.75 Å². The monoisotopic (exact) mass is 223 g/mol. The van der Waals surface area contributed by atoms with Crippen LogP contribution >= 0.6 is 0 Å². The highest BCUT2D eigenvalue weighted by molar-refractivity contribution is 5.71. The molecule has 0 saturated carbocycles. The zero-order valence-electron chi connectivity index (χ0n) is 9.90. The molecule has 0 fully saturated rings. The van der Waals surface area contributed by atoms with Crippen molar-refractivity contribution < 1.29 is 4.74 Å². The number of benzene rings is 2. The molecule has 0 unspecified atom stereocenters. The van der Waals surface area contributed by atoms with Gasteiger partial charge < -0.3 is 4.74 Å². The second-order valence-electron chi connectivity index (χ2n) is 3.89. The Morgan fingerprint density at radius 2 is 1.76 bits per heavy atom. The predicted molar refractivity (Wildman–Crippen MR) is 67.9 cm³/mol. The van der Waals surface area contributed by atoms with E-state index in [0.29, 0.717) is 5.56 Å². The topological polar surface area (TPSA) is 33.0 Å². The van der Waals surface area contributed by atoms with Crippen molar-refractivity contribution in [1.29, 1.82) is 5.26 Å². The van der Waals surface area contributed by atoms with Gasteiger partial charge in [-0.3, -0.25) is 0 Å². The van der Waals surface area contributed by atoms with Crippen LogP contribution < -0.4 is 4.74 Å². The van der Waals surface area contributed by atoms with Gasteiger partial charge in [-0.05, 0) is 36.2 Å². The number of hydrogen-bond acceptors (Lipinski definition) is 2. The van der Waals surface area contributed by atoms with Gasteiger partial charge in [-0.25, -0.2) is 0 Å². The van der Waals surface area contributed by atoms with Gasteiger partial charge in [0.15, 0.2) is 0 Å². The molecule has 0 aliphatic rings. The van der Waals surface area contributed by atoms with Gasteiger partial charge in [0.2, 0.25) is 0 Å². The molecule has 2 nitrogen and oxygen atoms in total. The molecule has 0 aliphatic heterocycles. The summed E-state index contributed by atoms with van der Waals surface area (Å²) in [6.45, 7) is 2.02. The molecule has 0 aromatic heterocycles. The number of methoxy groups -OCH3 is 1. The van der Waals surface area contributed by atoms with Gasteiger partial charge in [0.1, 0.15) is 5.75 Å². The summed E-state index contributed by atoms with van der Waals surface area (Å²) in [7, 11) is 1.64. The lowest BCUT2D eigenvalue weighted by atomic mass is 9.98. The van der Waals surface area contributed by atoms with Crippen LogP contribution in [0.2, 0.25) is 0 Å². The predicted octanol–water partition coefficient (Wildman–Crippen LogP) is 3.54. The van der Waals surface area contributed by atoms with Crippen molar-refractivity contribution in [3.05, 3.63) is 53.6 Å². The van der Waals surface area contributed by atoms with Crippen LogP contribution in [-0.4, -0.2) is 7.11 Å². The summed E-state index contributed by atoms with van der Waals surface area (Å²) in [5.74, 6) is 0.819. The van der Waals surface area contributed by atoms with E-state index in [1.54, 1.807) is 7.11 Å². The molecule has 2 aromatic rings. The minimum atomic E-state index is 0.695. The Morgan fingerprint density at radius 1 is 1.06 bits per heavy atom. The molecule has 0 heterocycles. The number of nitrogens with zero attached hydrogens (tertiary/aromatic N) is 1. The lowest BCUT2D eigenvalue weighted by molar-refractivity contribution is 0.415. The molecule has 2 aromatic carbocycles. The molecule has 17 heavy (non-hydrogen) atoms. The van der Waals surface area contributed by atoms with Gasteiger partial charge in [-0.2, -0.15) is 5.26 Å². The van der Waals surface area contributed by atoms with Crippen molar-refractivity contribution in [3.8, 4) is 22.9 Å². The maximum atomic E-state index is 9.10. The van der Waals surface area contributed by atoms with Gasteiger partial charge >= 0.3 is 0 Å². The zero-order valence-corrected chi connectivity index (χ0v) is 9.90.